The molecule has 0 radical (unpaired) electrons. The van der Waals surface area contributed by atoms with E-state index in [1.54, 1.807) is 6.20 Å². The van der Waals surface area contributed by atoms with Gasteiger partial charge in [0.05, 0.1) is 4.47 Å². The molecular formula is C9H10BrN5S. The SMILES string of the molecule is CNc1ncnc(Sc2nccn2C)c1Br. The van der Waals surface area contributed by atoms with Crippen molar-refractivity contribution in [3.63, 3.8) is 0 Å². The molecule has 84 valence electrons. The fourth-order valence-electron chi connectivity index (χ4n) is 1.14. The number of rotatable bonds is 3. The molecule has 2 aromatic heterocycles. The molecule has 0 aliphatic rings. The van der Waals surface area contributed by atoms with Gasteiger partial charge in [0, 0.05) is 26.5 Å². The summed E-state index contributed by atoms with van der Waals surface area (Å²) < 4.78 is 2.80. The van der Waals surface area contributed by atoms with Crippen molar-refractivity contribution in [2.24, 2.45) is 7.05 Å². The summed E-state index contributed by atoms with van der Waals surface area (Å²) in [5.74, 6) is 0.770. The Morgan fingerprint density at radius 2 is 2.19 bits per heavy atom. The highest BCUT2D eigenvalue weighted by Crippen LogP contribution is 2.33. The number of aryl methyl sites for hydroxylation is 1. The standard InChI is InChI=1S/C9H10BrN5S/c1-11-7-6(10)8(14-5-13-7)16-9-12-3-4-15(9)2/h3-5H,1-2H3,(H,11,13,14). The molecule has 0 saturated heterocycles. The van der Waals surface area contributed by atoms with E-state index in [9.17, 15) is 0 Å². The number of halogens is 1. The van der Waals surface area contributed by atoms with Crippen molar-refractivity contribution in [2.75, 3.05) is 12.4 Å². The molecule has 0 saturated carbocycles. The van der Waals surface area contributed by atoms with Crippen molar-refractivity contribution in [1.29, 1.82) is 0 Å². The Labute approximate surface area is 106 Å². The van der Waals surface area contributed by atoms with Gasteiger partial charge in [0.15, 0.2) is 5.16 Å². The molecule has 16 heavy (non-hydrogen) atoms. The van der Waals surface area contributed by atoms with Crippen LogP contribution in [0.15, 0.2) is 33.4 Å². The number of anilines is 1. The van der Waals surface area contributed by atoms with Crippen LogP contribution >= 0.6 is 27.7 Å². The molecule has 0 atom stereocenters. The lowest BCUT2D eigenvalue weighted by atomic mass is 10.6. The minimum absolute atomic E-state index is 0.770. The summed E-state index contributed by atoms with van der Waals surface area (Å²) in [5.41, 5.74) is 0. The topological polar surface area (TPSA) is 55.6 Å². The van der Waals surface area contributed by atoms with Crippen LogP contribution in [0.25, 0.3) is 0 Å². The minimum atomic E-state index is 0.770. The maximum atomic E-state index is 4.23. The lowest BCUT2D eigenvalue weighted by Crippen LogP contribution is -1.97. The van der Waals surface area contributed by atoms with Crippen LogP contribution in [0, 0.1) is 0 Å². The molecule has 0 spiro atoms. The van der Waals surface area contributed by atoms with Crippen molar-refractivity contribution < 1.29 is 0 Å². The normalized spacial score (nSPS) is 10.4. The van der Waals surface area contributed by atoms with Crippen molar-refractivity contribution in [3.05, 3.63) is 23.2 Å². The predicted octanol–water partition coefficient (Wildman–Crippen LogP) is 2.17. The van der Waals surface area contributed by atoms with Crippen molar-refractivity contribution in [3.8, 4) is 0 Å². The molecule has 1 N–H and O–H groups in total. The summed E-state index contributed by atoms with van der Waals surface area (Å²) in [6, 6.07) is 0. The Bertz CT molecular complexity index is 498. The molecule has 5 nitrogen and oxygen atoms in total. The van der Waals surface area contributed by atoms with Crippen LogP contribution in [0.2, 0.25) is 0 Å². The molecule has 2 rings (SSSR count). The van der Waals surface area contributed by atoms with Crippen LogP contribution in [-0.4, -0.2) is 26.6 Å². The van der Waals surface area contributed by atoms with E-state index in [1.165, 1.54) is 18.1 Å². The third-order valence-corrected chi connectivity index (χ3v) is 4.05. The van der Waals surface area contributed by atoms with E-state index in [4.69, 9.17) is 0 Å². The first kappa shape index (κ1) is 11.4. The first-order chi connectivity index (χ1) is 7.72. The molecule has 2 heterocycles. The Morgan fingerprint density at radius 3 is 2.81 bits per heavy atom. The lowest BCUT2D eigenvalue weighted by molar-refractivity contribution is 0.788. The molecule has 0 unspecified atom stereocenters. The molecule has 2 aromatic rings. The fourth-order valence-corrected chi connectivity index (χ4v) is 2.56. The second-order valence-corrected chi connectivity index (χ2v) is 4.76. The van der Waals surface area contributed by atoms with Gasteiger partial charge in [-0.05, 0) is 27.7 Å². The fraction of sp³-hybridized carbons (Fsp3) is 0.222. The van der Waals surface area contributed by atoms with Crippen LogP contribution in [0.5, 0.6) is 0 Å². The molecule has 0 aliphatic heterocycles. The lowest BCUT2D eigenvalue weighted by Gasteiger charge is -2.06. The van der Waals surface area contributed by atoms with Crippen LogP contribution in [0.3, 0.4) is 0 Å². The van der Waals surface area contributed by atoms with E-state index >= 15 is 0 Å². The Morgan fingerprint density at radius 1 is 1.38 bits per heavy atom. The summed E-state index contributed by atoms with van der Waals surface area (Å²) in [7, 11) is 3.77. The Kier molecular flexibility index (Phi) is 3.45. The average molecular weight is 300 g/mol. The first-order valence-corrected chi connectivity index (χ1v) is 6.16. The Hall–Kier alpha value is -1.08. The summed E-state index contributed by atoms with van der Waals surface area (Å²) in [6.07, 6.45) is 5.19. The maximum absolute atomic E-state index is 4.23. The maximum Gasteiger partial charge on any atom is 0.174 e. The third kappa shape index (κ3) is 2.19. The van der Waals surface area contributed by atoms with E-state index in [2.05, 4.69) is 36.2 Å². The summed E-state index contributed by atoms with van der Waals surface area (Å²) >= 11 is 4.96. The van der Waals surface area contributed by atoms with E-state index in [0.717, 1.165) is 20.5 Å². The number of hydrogen-bond acceptors (Lipinski definition) is 5. The number of nitrogens with one attached hydrogen (secondary N) is 1. The van der Waals surface area contributed by atoms with Crippen LogP contribution in [-0.2, 0) is 7.05 Å². The average Bonchev–Trinajstić information content (AvgIpc) is 2.68. The van der Waals surface area contributed by atoms with Crippen molar-refractivity contribution >= 4 is 33.5 Å². The highest BCUT2D eigenvalue weighted by molar-refractivity contribution is 9.10. The zero-order valence-corrected chi connectivity index (χ0v) is 11.2. The number of nitrogens with zero attached hydrogens (tertiary/aromatic N) is 4. The van der Waals surface area contributed by atoms with Gasteiger partial charge >= 0.3 is 0 Å². The van der Waals surface area contributed by atoms with Crippen molar-refractivity contribution in [2.45, 2.75) is 10.2 Å². The molecule has 0 aromatic carbocycles. The van der Waals surface area contributed by atoms with E-state index < -0.39 is 0 Å². The van der Waals surface area contributed by atoms with E-state index in [0.29, 0.717) is 0 Å². The van der Waals surface area contributed by atoms with Crippen LogP contribution in [0.1, 0.15) is 0 Å². The van der Waals surface area contributed by atoms with E-state index in [1.807, 2.05) is 24.9 Å². The minimum Gasteiger partial charge on any atom is -0.372 e. The third-order valence-electron chi connectivity index (χ3n) is 1.96. The summed E-state index contributed by atoms with van der Waals surface area (Å²) in [5, 5.41) is 4.72. The van der Waals surface area contributed by atoms with Gasteiger partial charge < -0.3 is 9.88 Å². The number of imidazole rings is 1. The van der Waals surface area contributed by atoms with Gasteiger partial charge in [-0.25, -0.2) is 15.0 Å². The smallest absolute Gasteiger partial charge is 0.174 e. The van der Waals surface area contributed by atoms with E-state index in [-0.39, 0.29) is 0 Å². The molecule has 0 bridgehead atoms. The molecule has 7 heteroatoms. The molecular weight excluding hydrogens is 290 g/mol. The largest absolute Gasteiger partial charge is 0.372 e. The predicted molar refractivity (Wildman–Crippen MR) is 66.6 cm³/mol. The number of aromatic nitrogens is 4. The number of hydrogen-bond donors (Lipinski definition) is 1. The molecule has 0 fully saturated rings. The Balaban J connectivity index is 2.32. The second-order valence-electron chi connectivity index (χ2n) is 3.01. The molecule has 0 amide bonds. The van der Waals surface area contributed by atoms with Gasteiger partial charge in [0.1, 0.15) is 17.2 Å². The van der Waals surface area contributed by atoms with Crippen molar-refractivity contribution in [1.82, 2.24) is 19.5 Å². The molecule has 0 aliphatic carbocycles. The van der Waals surface area contributed by atoms with Gasteiger partial charge in [-0.15, -0.1) is 0 Å². The monoisotopic (exact) mass is 299 g/mol. The van der Waals surface area contributed by atoms with Gasteiger partial charge in [0.25, 0.3) is 0 Å². The second kappa shape index (κ2) is 4.84. The van der Waals surface area contributed by atoms with Gasteiger partial charge in [0.2, 0.25) is 0 Å². The summed E-state index contributed by atoms with van der Waals surface area (Å²) in [6.45, 7) is 0. The highest BCUT2D eigenvalue weighted by atomic mass is 79.9. The first-order valence-electron chi connectivity index (χ1n) is 4.56. The zero-order chi connectivity index (χ0) is 11.5. The van der Waals surface area contributed by atoms with Crippen LogP contribution < -0.4 is 5.32 Å². The van der Waals surface area contributed by atoms with Crippen LogP contribution in [0.4, 0.5) is 5.82 Å². The van der Waals surface area contributed by atoms with Gasteiger partial charge in [-0.1, -0.05) is 0 Å². The quantitative estimate of drug-likeness (QED) is 0.880. The highest BCUT2D eigenvalue weighted by Gasteiger charge is 2.11. The zero-order valence-electron chi connectivity index (χ0n) is 8.81. The summed E-state index contributed by atoms with van der Waals surface area (Å²) in [4.78, 5) is 12.5. The van der Waals surface area contributed by atoms with Gasteiger partial charge in [-0.3, -0.25) is 0 Å². The van der Waals surface area contributed by atoms with Gasteiger partial charge in [-0.2, -0.15) is 0 Å².